The van der Waals surface area contributed by atoms with Crippen LogP contribution in [-0.4, -0.2) is 23.2 Å². The Morgan fingerprint density at radius 3 is 2.19 bits per heavy atom. The molecule has 0 unspecified atom stereocenters. The highest BCUT2D eigenvalue weighted by molar-refractivity contribution is 5.35. The lowest BCUT2D eigenvalue weighted by molar-refractivity contribution is -0.757. The molecule has 0 amide bonds. The normalized spacial score (nSPS) is 9.50. The maximum atomic E-state index is 10.3. The van der Waals surface area contributed by atoms with Crippen LogP contribution in [-0.2, 0) is 4.84 Å². The average Bonchev–Trinajstić information content (AvgIpc) is 2.25. The summed E-state index contributed by atoms with van der Waals surface area (Å²) in [5.41, 5.74) is -0.0473. The molecule has 8 nitrogen and oxygen atoms in total. The zero-order valence-electron chi connectivity index (χ0n) is 8.07. The summed E-state index contributed by atoms with van der Waals surface area (Å²) < 4.78 is 5.04. The summed E-state index contributed by atoms with van der Waals surface area (Å²) in [7, 11) is 0. The van der Waals surface area contributed by atoms with Gasteiger partial charge in [-0.1, -0.05) is 0 Å². The maximum absolute atomic E-state index is 10.3. The topological polar surface area (TPSA) is 105 Å². The largest absolute Gasteiger partial charge is 0.492 e. The summed E-state index contributed by atoms with van der Waals surface area (Å²) in [5, 5.41) is 19.2. The molecule has 0 atom stereocenters. The lowest BCUT2D eigenvalue weighted by atomic mass is 10.3. The van der Waals surface area contributed by atoms with Gasteiger partial charge in [-0.2, -0.15) is 0 Å². The summed E-state index contributed by atoms with van der Waals surface area (Å²) in [6, 6.07) is 5.38. The second-order valence-corrected chi connectivity index (χ2v) is 2.66. The van der Waals surface area contributed by atoms with Crippen LogP contribution in [0.4, 0.5) is 5.69 Å². The zero-order chi connectivity index (χ0) is 12.0. The monoisotopic (exact) mass is 228 g/mol. The van der Waals surface area contributed by atoms with E-state index in [1.165, 1.54) is 24.3 Å². The van der Waals surface area contributed by atoms with Crippen LogP contribution in [0.5, 0.6) is 5.75 Å². The molecular weight excluding hydrogens is 220 g/mol. The molecule has 0 heterocycles. The number of benzene rings is 1. The highest BCUT2D eigenvalue weighted by Crippen LogP contribution is 2.16. The van der Waals surface area contributed by atoms with E-state index in [0.717, 1.165) is 0 Å². The fourth-order valence-corrected chi connectivity index (χ4v) is 0.935. The molecule has 0 radical (unpaired) electrons. The van der Waals surface area contributed by atoms with E-state index in [1.54, 1.807) is 0 Å². The molecule has 0 fully saturated rings. The van der Waals surface area contributed by atoms with Crippen LogP contribution in [0.15, 0.2) is 24.3 Å². The third kappa shape index (κ3) is 3.78. The molecule has 0 saturated carbocycles. The predicted octanol–water partition coefficient (Wildman–Crippen LogP) is 1.18. The zero-order valence-corrected chi connectivity index (χ0v) is 8.07. The molecule has 1 aromatic carbocycles. The van der Waals surface area contributed by atoms with Gasteiger partial charge in [-0.25, -0.2) is 0 Å². The maximum Gasteiger partial charge on any atom is 0.294 e. The van der Waals surface area contributed by atoms with Crippen molar-refractivity contribution in [1.82, 2.24) is 0 Å². The number of non-ortho nitro benzene ring substituents is 1. The van der Waals surface area contributed by atoms with Gasteiger partial charge in [-0.15, -0.1) is 10.1 Å². The van der Waals surface area contributed by atoms with Crippen LogP contribution in [0.25, 0.3) is 0 Å². The molecule has 86 valence electrons. The second kappa shape index (κ2) is 5.49. The number of nitro benzene ring substituents is 1. The Bertz CT molecular complexity index is 377. The van der Waals surface area contributed by atoms with Gasteiger partial charge in [0, 0.05) is 12.1 Å². The van der Waals surface area contributed by atoms with Crippen molar-refractivity contribution in [2.45, 2.75) is 0 Å². The molecule has 0 aliphatic carbocycles. The number of nitro groups is 1. The van der Waals surface area contributed by atoms with E-state index in [1.807, 2.05) is 0 Å². The van der Waals surface area contributed by atoms with Crippen LogP contribution >= 0.6 is 0 Å². The molecule has 0 aliphatic rings. The van der Waals surface area contributed by atoms with Gasteiger partial charge in [0.05, 0.1) is 4.92 Å². The lowest BCUT2D eigenvalue weighted by Gasteiger charge is -2.04. The standard InChI is InChI=1S/C8H8N2O6/c11-9(12)7-1-3-8(4-2-7)15-5-6-16-10(13)14/h1-4H,5-6H2. The minimum atomic E-state index is -0.917. The van der Waals surface area contributed by atoms with Crippen molar-refractivity contribution in [3.05, 3.63) is 44.5 Å². The first-order valence-corrected chi connectivity index (χ1v) is 4.24. The van der Waals surface area contributed by atoms with E-state index in [2.05, 4.69) is 4.84 Å². The Hall–Kier alpha value is -2.38. The van der Waals surface area contributed by atoms with Crippen molar-refractivity contribution in [3.63, 3.8) is 0 Å². The van der Waals surface area contributed by atoms with Gasteiger partial charge >= 0.3 is 0 Å². The van der Waals surface area contributed by atoms with Crippen molar-refractivity contribution < 1.29 is 19.6 Å². The first-order chi connectivity index (χ1) is 7.59. The molecule has 16 heavy (non-hydrogen) atoms. The van der Waals surface area contributed by atoms with Crippen LogP contribution < -0.4 is 4.74 Å². The van der Waals surface area contributed by atoms with Crippen LogP contribution in [0.2, 0.25) is 0 Å². The van der Waals surface area contributed by atoms with Crippen LogP contribution in [0.3, 0.4) is 0 Å². The first-order valence-electron chi connectivity index (χ1n) is 4.24. The smallest absolute Gasteiger partial charge is 0.294 e. The van der Waals surface area contributed by atoms with Crippen molar-refractivity contribution in [2.75, 3.05) is 13.2 Å². The molecule has 0 saturated heterocycles. The third-order valence-corrected chi connectivity index (χ3v) is 1.60. The summed E-state index contributed by atoms with van der Waals surface area (Å²) >= 11 is 0. The fraction of sp³-hybridized carbons (Fsp3) is 0.250. The summed E-state index contributed by atoms with van der Waals surface area (Å²) in [4.78, 5) is 23.6. The number of hydrogen-bond acceptors (Lipinski definition) is 6. The highest BCUT2D eigenvalue weighted by Gasteiger charge is 2.04. The molecule has 0 aliphatic heterocycles. The van der Waals surface area contributed by atoms with Gasteiger partial charge in [-0.3, -0.25) is 10.1 Å². The molecule has 8 heteroatoms. The number of hydrogen-bond donors (Lipinski definition) is 0. The molecule has 0 spiro atoms. The van der Waals surface area contributed by atoms with Crippen LogP contribution in [0.1, 0.15) is 0 Å². The van der Waals surface area contributed by atoms with Gasteiger partial charge in [0.2, 0.25) is 0 Å². The summed E-state index contributed by atoms with van der Waals surface area (Å²) in [6.07, 6.45) is 0. The Morgan fingerprint density at radius 1 is 1.06 bits per heavy atom. The number of nitrogens with zero attached hydrogens (tertiary/aromatic N) is 2. The Morgan fingerprint density at radius 2 is 1.69 bits per heavy atom. The van der Waals surface area contributed by atoms with E-state index in [-0.39, 0.29) is 18.9 Å². The summed E-state index contributed by atoms with van der Waals surface area (Å²) in [5.74, 6) is 0.387. The lowest BCUT2D eigenvalue weighted by Crippen LogP contribution is -2.10. The van der Waals surface area contributed by atoms with Crippen molar-refractivity contribution in [3.8, 4) is 5.75 Å². The van der Waals surface area contributed by atoms with Crippen molar-refractivity contribution >= 4 is 5.69 Å². The Kier molecular flexibility index (Phi) is 4.01. The predicted molar refractivity (Wildman–Crippen MR) is 51.5 cm³/mol. The van der Waals surface area contributed by atoms with Gasteiger partial charge in [0.1, 0.15) is 19.0 Å². The van der Waals surface area contributed by atoms with E-state index in [0.29, 0.717) is 5.75 Å². The highest BCUT2D eigenvalue weighted by atomic mass is 17.0. The van der Waals surface area contributed by atoms with E-state index in [9.17, 15) is 20.2 Å². The minimum absolute atomic E-state index is 0.00120. The number of rotatable bonds is 6. The average molecular weight is 228 g/mol. The molecule has 0 aromatic heterocycles. The molecule has 1 rings (SSSR count). The van der Waals surface area contributed by atoms with E-state index >= 15 is 0 Å². The summed E-state index contributed by atoms with van der Waals surface area (Å²) in [6.45, 7) is -0.192. The molecule has 1 aromatic rings. The first kappa shape index (κ1) is 11.7. The fourth-order valence-electron chi connectivity index (χ4n) is 0.935. The minimum Gasteiger partial charge on any atom is -0.492 e. The third-order valence-electron chi connectivity index (χ3n) is 1.60. The van der Waals surface area contributed by atoms with Crippen molar-refractivity contribution in [1.29, 1.82) is 0 Å². The quantitative estimate of drug-likeness (QED) is 0.411. The SMILES string of the molecule is O=[N+]([O-])OCCOc1ccc([N+](=O)[O-])cc1. The van der Waals surface area contributed by atoms with Crippen molar-refractivity contribution in [2.24, 2.45) is 0 Å². The van der Waals surface area contributed by atoms with Gasteiger partial charge in [0.15, 0.2) is 0 Å². The van der Waals surface area contributed by atoms with Gasteiger partial charge in [0.25, 0.3) is 10.8 Å². The number of ether oxygens (including phenoxy) is 1. The second-order valence-electron chi connectivity index (χ2n) is 2.66. The van der Waals surface area contributed by atoms with E-state index in [4.69, 9.17) is 4.74 Å². The molecule has 0 N–H and O–H groups in total. The molecular formula is C8H8N2O6. The van der Waals surface area contributed by atoms with Crippen LogP contribution in [0, 0.1) is 20.2 Å². The van der Waals surface area contributed by atoms with E-state index < -0.39 is 10.0 Å². The Labute approximate surface area is 89.6 Å². The van der Waals surface area contributed by atoms with Gasteiger partial charge < -0.3 is 9.57 Å². The molecule has 0 bridgehead atoms. The Balaban J connectivity index is 2.38. The van der Waals surface area contributed by atoms with Gasteiger partial charge in [-0.05, 0) is 12.1 Å².